The fourth-order valence-corrected chi connectivity index (χ4v) is 3.18. The van der Waals surface area contributed by atoms with Crippen LogP contribution in [0.25, 0.3) is 11.0 Å². The lowest BCUT2D eigenvalue weighted by atomic mass is 10.2. The van der Waals surface area contributed by atoms with E-state index in [2.05, 4.69) is 15.3 Å². The summed E-state index contributed by atoms with van der Waals surface area (Å²) in [7, 11) is 1.60. The monoisotopic (exact) mass is 372 g/mol. The standard InChI is InChI=1S/C17H16N4O4S/c1-25-11-6-7-12-14(10-11)20-17(19-12)26-9-8-16(22)18-13-4-2-3-5-15(13)21(23)24/h2-7,10H,8-9H2,1H3,(H,18,22)(H,19,20). The number of nitro groups is 1. The quantitative estimate of drug-likeness (QED) is 0.372. The number of anilines is 1. The number of benzene rings is 2. The topological polar surface area (TPSA) is 110 Å². The number of methoxy groups -OCH3 is 1. The van der Waals surface area contributed by atoms with E-state index in [1.807, 2.05) is 18.2 Å². The molecule has 26 heavy (non-hydrogen) atoms. The van der Waals surface area contributed by atoms with Gasteiger partial charge in [-0.25, -0.2) is 4.98 Å². The van der Waals surface area contributed by atoms with Gasteiger partial charge in [0.15, 0.2) is 5.16 Å². The molecule has 1 heterocycles. The van der Waals surface area contributed by atoms with E-state index in [1.54, 1.807) is 19.2 Å². The Kier molecular flexibility index (Phi) is 5.37. The number of nitrogens with zero attached hydrogens (tertiary/aromatic N) is 2. The summed E-state index contributed by atoms with van der Waals surface area (Å²) >= 11 is 1.41. The maximum absolute atomic E-state index is 12.0. The van der Waals surface area contributed by atoms with Crippen LogP contribution in [0.3, 0.4) is 0 Å². The summed E-state index contributed by atoms with van der Waals surface area (Å²) in [5, 5.41) is 14.2. The van der Waals surface area contributed by atoms with Crippen LogP contribution in [0.15, 0.2) is 47.6 Å². The number of hydrogen-bond donors (Lipinski definition) is 2. The van der Waals surface area contributed by atoms with Crippen molar-refractivity contribution in [2.75, 3.05) is 18.2 Å². The Balaban J connectivity index is 1.56. The zero-order valence-electron chi connectivity index (χ0n) is 13.9. The number of carbonyl (C=O) groups excluding carboxylic acids is 1. The van der Waals surface area contributed by atoms with E-state index in [0.29, 0.717) is 10.9 Å². The van der Waals surface area contributed by atoms with Gasteiger partial charge < -0.3 is 15.0 Å². The van der Waals surface area contributed by atoms with Gasteiger partial charge in [0.05, 0.1) is 23.1 Å². The van der Waals surface area contributed by atoms with Crippen molar-refractivity contribution in [2.24, 2.45) is 0 Å². The lowest BCUT2D eigenvalue weighted by molar-refractivity contribution is -0.383. The summed E-state index contributed by atoms with van der Waals surface area (Å²) in [5.74, 6) is 0.940. The van der Waals surface area contributed by atoms with Gasteiger partial charge >= 0.3 is 0 Å². The van der Waals surface area contributed by atoms with Crippen molar-refractivity contribution in [2.45, 2.75) is 11.6 Å². The normalized spacial score (nSPS) is 10.7. The molecule has 0 fully saturated rings. The zero-order valence-corrected chi connectivity index (χ0v) is 14.7. The maximum Gasteiger partial charge on any atom is 0.292 e. The summed E-state index contributed by atoms with van der Waals surface area (Å²) in [4.78, 5) is 30.1. The Bertz CT molecular complexity index is 957. The van der Waals surface area contributed by atoms with Crippen molar-refractivity contribution in [3.8, 4) is 5.75 Å². The second kappa shape index (κ2) is 7.87. The molecule has 134 valence electrons. The summed E-state index contributed by atoms with van der Waals surface area (Å²) in [6.07, 6.45) is 0.205. The Hall–Kier alpha value is -3.07. The zero-order chi connectivity index (χ0) is 18.5. The van der Waals surface area contributed by atoms with E-state index in [9.17, 15) is 14.9 Å². The first kappa shape index (κ1) is 17.7. The molecule has 1 aromatic heterocycles. The SMILES string of the molecule is COc1ccc2nc(SCCC(=O)Nc3ccccc3[N+](=O)[O-])[nH]c2c1. The predicted octanol–water partition coefficient (Wildman–Crippen LogP) is 3.60. The van der Waals surface area contributed by atoms with Gasteiger partial charge in [-0.15, -0.1) is 0 Å². The number of para-hydroxylation sites is 2. The van der Waals surface area contributed by atoms with Gasteiger partial charge in [0.25, 0.3) is 5.69 Å². The molecular weight excluding hydrogens is 356 g/mol. The van der Waals surface area contributed by atoms with Gasteiger partial charge in [-0.3, -0.25) is 14.9 Å². The van der Waals surface area contributed by atoms with Crippen LogP contribution < -0.4 is 10.1 Å². The summed E-state index contributed by atoms with van der Waals surface area (Å²) in [5.41, 5.74) is 1.75. The Morgan fingerprint density at radius 1 is 1.35 bits per heavy atom. The van der Waals surface area contributed by atoms with Crippen molar-refractivity contribution >= 4 is 40.1 Å². The molecule has 3 rings (SSSR count). The van der Waals surface area contributed by atoms with Gasteiger partial charge in [-0.2, -0.15) is 0 Å². The number of carbonyl (C=O) groups is 1. The molecule has 0 atom stereocenters. The highest BCUT2D eigenvalue weighted by Crippen LogP contribution is 2.25. The number of fused-ring (bicyclic) bond motifs is 1. The minimum absolute atomic E-state index is 0.125. The molecule has 8 nitrogen and oxygen atoms in total. The number of ether oxygens (including phenoxy) is 1. The number of imidazole rings is 1. The number of thioether (sulfide) groups is 1. The van der Waals surface area contributed by atoms with Gasteiger partial charge in [0.2, 0.25) is 5.91 Å². The van der Waals surface area contributed by atoms with Gasteiger partial charge in [-0.1, -0.05) is 23.9 Å². The maximum atomic E-state index is 12.0. The molecule has 1 amide bonds. The average Bonchev–Trinajstić information content (AvgIpc) is 3.03. The average molecular weight is 372 g/mol. The summed E-state index contributed by atoms with van der Waals surface area (Å²) in [6, 6.07) is 11.6. The fourth-order valence-electron chi connectivity index (χ4n) is 2.35. The first-order valence-corrected chi connectivity index (χ1v) is 8.75. The molecule has 2 N–H and O–H groups in total. The largest absolute Gasteiger partial charge is 0.497 e. The molecule has 0 saturated carbocycles. The molecule has 0 radical (unpaired) electrons. The van der Waals surface area contributed by atoms with Crippen molar-refractivity contribution in [1.82, 2.24) is 9.97 Å². The number of hydrogen-bond acceptors (Lipinski definition) is 6. The second-order valence-electron chi connectivity index (χ2n) is 5.35. The highest BCUT2D eigenvalue weighted by molar-refractivity contribution is 7.99. The molecule has 2 aromatic carbocycles. The third-order valence-electron chi connectivity index (χ3n) is 3.61. The van der Waals surface area contributed by atoms with Crippen LogP contribution in [-0.4, -0.2) is 33.7 Å². The van der Waals surface area contributed by atoms with Gasteiger partial charge in [0, 0.05) is 24.3 Å². The number of rotatable bonds is 7. The van der Waals surface area contributed by atoms with Crippen LogP contribution >= 0.6 is 11.8 Å². The van der Waals surface area contributed by atoms with Crippen LogP contribution in [0, 0.1) is 10.1 Å². The van der Waals surface area contributed by atoms with Gasteiger partial charge in [0.1, 0.15) is 11.4 Å². The highest BCUT2D eigenvalue weighted by Gasteiger charge is 2.14. The number of aromatic nitrogens is 2. The molecule has 0 unspecified atom stereocenters. The first-order valence-electron chi connectivity index (χ1n) is 7.76. The van der Waals surface area contributed by atoms with Crippen LogP contribution in [-0.2, 0) is 4.79 Å². The lowest BCUT2D eigenvalue weighted by Crippen LogP contribution is -2.13. The number of aromatic amines is 1. The van der Waals surface area contributed by atoms with Crippen molar-refractivity contribution in [3.05, 3.63) is 52.6 Å². The predicted molar refractivity (Wildman–Crippen MR) is 99.7 cm³/mol. The van der Waals surface area contributed by atoms with Crippen LogP contribution in [0.2, 0.25) is 0 Å². The lowest BCUT2D eigenvalue weighted by Gasteiger charge is -2.05. The summed E-state index contributed by atoms with van der Waals surface area (Å²) in [6.45, 7) is 0. The number of amides is 1. The third-order valence-corrected chi connectivity index (χ3v) is 4.49. The Labute approximate surface area is 153 Å². The smallest absolute Gasteiger partial charge is 0.292 e. The van der Waals surface area contributed by atoms with E-state index in [1.165, 1.54) is 23.9 Å². The first-order chi connectivity index (χ1) is 12.6. The minimum Gasteiger partial charge on any atom is -0.497 e. The highest BCUT2D eigenvalue weighted by atomic mass is 32.2. The molecule has 0 aliphatic rings. The van der Waals surface area contributed by atoms with E-state index in [4.69, 9.17) is 4.74 Å². The number of nitrogens with one attached hydrogen (secondary N) is 2. The van der Waals surface area contributed by atoms with E-state index in [-0.39, 0.29) is 23.7 Å². The van der Waals surface area contributed by atoms with Crippen LogP contribution in [0.4, 0.5) is 11.4 Å². The van der Waals surface area contributed by atoms with E-state index in [0.717, 1.165) is 16.8 Å². The molecular formula is C17H16N4O4S. The number of nitro benzene ring substituents is 1. The fraction of sp³-hybridized carbons (Fsp3) is 0.176. The van der Waals surface area contributed by atoms with Crippen LogP contribution in [0.5, 0.6) is 5.75 Å². The molecule has 0 saturated heterocycles. The van der Waals surface area contributed by atoms with Crippen LogP contribution in [0.1, 0.15) is 6.42 Å². The summed E-state index contributed by atoms with van der Waals surface area (Å²) < 4.78 is 5.17. The molecule has 0 bridgehead atoms. The Morgan fingerprint density at radius 3 is 2.92 bits per heavy atom. The van der Waals surface area contributed by atoms with Crippen molar-refractivity contribution in [1.29, 1.82) is 0 Å². The molecule has 0 aliphatic heterocycles. The molecule has 3 aromatic rings. The molecule has 0 spiro atoms. The molecule has 0 aliphatic carbocycles. The van der Waals surface area contributed by atoms with Gasteiger partial charge in [-0.05, 0) is 18.2 Å². The minimum atomic E-state index is -0.521. The molecule has 9 heteroatoms. The van der Waals surface area contributed by atoms with E-state index < -0.39 is 4.92 Å². The Morgan fingerprint density at radius 2 is 2.15 bits per heavy atom. The van der Waals surface area contributed by atoms with Crippen molar-refractivity contribution in [3.63, 3.8) is 0 Å². The van der Waals surface area contributed by atoms with Crippen molar-refractivity contribution < 1.29 is 14.5 Å². The third kappa shape index (κ3) is 4.12. The second-order valence-corrected chi connectivity index (χ2v) is 6.43. The number of H-pyrrole nitrogens is 1. The van der Waals surface area contributed by atoms with E-state index >= 15 is 0 Å².